The van der Waals surface area contributed by atoms with Crippen molar-refractivity contribution in [2.24, 2.45) is 5.92 Å². The monoisotopic (exact) mass is 367 g/mol. The average Bonchev–Trinajstić information content (AvgIpc) is 3.37. The van der Waals surface area contributed by atoms with Crippen LogP contribution in [-0.4, -0.2) is 51.7 Å². The zero-order valence-electron chi connectivity index (χ0n) is 14.8. The van der Waals surface area contributed by atoms with E-state index in [0.29, 0.717) is 17.7 Å². The molecule has 1 amide bonds. The van der Waals surface area contributed by atoms with Gasteiger partial charge in [0.05, 0.1) is 5.52 Å². The highest BCUT2D eigenvalue weighted by molar-refractivity contribution is 7.13. The Bertz CT molecular complexity index is 991. The van der Waals surface area contributed by atoms with Crippen molar-refractivity contribution in [3.05, 3.63) is 35.0 Å². The number of amides is 1. The summed E-state index contributed by atoms with van der Waals surface area (Å²) in [5.74, 6) is 0.494. The van der Waals surface area contributed by atoms with Gasteiger partial charge < -0.3 is 10.2 Å². The quantitative estimate of drug-likeness (QED) is 0.747. The highest BCUT2D eigenvalue weighted by Gasteiger charge is 2.43. The number of fused-ring (bicyclic) bond motifs is 3. The van der Waals surface area contributed by atoms with E-state index < -0.39 is 0 Å². The lowest BCUT2D eigenvalue weighted by atomic mass is 10.0. The normalized spacial score (nSPS) is 25.2. The van der Waals surface area contributed by atoms with Crippen molar-refractivity contribution >= 4 is 28.1 Å². The highest BCUT2D eigenvalue weighted by Crippen LogP contribution is 2.37. The van der Waals surface area contributed by atoms with E-state index in [1.807, 2.05) is 30.5 Å². The van der Waals surface area contributed by atoms with Gasteiger partial charge in [-0.05, 0) is 44.9 Å². The number of nitrogens with zero attached hydrogens (tertiary/aromatic N) is 3. The Morgan fingerprint density at radius 1 is 1.38 bits per heavy atom. The van der Waals surface area contributed by atoms with Gasteiger partial charge >= 0.3 is 0 Å². The topological polar surface area (TPSA) is 73.9 Å². The number of nitrogens with one attached hydrogen (secondary N) is 2. The van der Waals surface area contributed by atoms with Crippen LogP contribution in [0.2, 0.25) is 0 Å². The Kier molecular flexibility index (Phi) is 3.62. The predicted octanol–water partition coefficient (Wildman–Crippen LogP) is 2.82. The number of hydrogen-bond acceptors (Lipinski definition) is 5. The largest absolute Gasteiger partial charge is 0.348 e. The smallest absolute Gasteiger partial charge is 0.272 e. The molecule has 1 aliphatic heterocycles. The second-order valence-corrected chi connectivity index (χ2v) is 8.39. The van der Waals surface area contributed by atoms with Crippen LogP contribution < -0.4 is 5.32 Å². The molecule has 1 aliphatic carbocycles. The van der Waals surface area contributed by atoms with Gasteiger partial charge in [0, 0.05) is 40.7 Å². The van der Waals surface area contributed by atoms with Gasteiger partial charge in [0.1, 0.15) is 5.01 Å². The van der Waals surface area contributed by atoms with E-state index in [1.165, 1.54) is 6.42 Å². The number of aryl methyl sites for hydroxylation is 1. The summed E-state index contributed by atoms with van der Waals surface area (Å²) in [5.41, 5.74) is 3.42. The van der Waals surface area contributed by atoms with Crippen molar-refractivity contribution in [2.45, 2.75) is 31.8 Å². The first-order valence-corrected chi connectivity index (χ1v) is 9.88. The van der Waals surface area contributed by atoms with E-state index in [0.717, 1.165) is 40.1 Å². The lowest BCUT2D eigenvalue weighted by molar-refractivity contribution is 0.0909. The van der Waals surface area contributed by atoms with Crippen LogP contribution in [-0.2, 0) is 0 Å². The van der Waals surface area contributed by atoms with E-state index in [-0.39, 0.29) is 11.9 Å². The number of aromatic nitrogens is 3. The lowest BCUT2D eigenvalue weighted by Gasteiger charge is -2.28. The minimum atomic E-state index is -0.0747. The van der Waals surface area contributed by atoms with Gasteiger partial charge in [-0.25, -0.2) is 4.98 Å². The fourth-order valence-corrected chi connectivity index (χ4v) is 5.20. The van der Waals surface area contributed by atoms with Crippen LogP contribution in [0.4, 0.5) is 0 Å². The predicted molar refractivity (Wildman–Crippen MR) is 102 cm³/mol. The maximum Gasteiger partial charge on any atom is 0.272 e. The zero-order chi connectivity index (χ0) is 17.8. The summed E-state index contributed by atoms with van der Waals surface area (Å²) < 4.78 is 0. The fraction of sp³-hybridized carbons (Fsp3) is 0.421. The molecule has 3 heterocycles. The molecule has 26 heavy (non-hydrogen) atoms. The zero-order valence-corrected chi connectivity index (χ0v) is 15.6. The third kappa shape index (κ3) is 2.54. The van der Waals surface area contributed by atoms with Gasteiger partial charge in [-0.15, -0.1) is 11.3 Å². The number of piperidine rings is 1. The molecule has 1 saturated carbocycles. The van der Waals surface area contributed by atoms with Crippen LogP contribution in [0.25, 0.3) is 21.5 Å². The van der Waals surface area contributed by atoms with E-state index in [2.05, 4.69) is 32.4 Å². The standard InChI is InChI=1S/C19H21N5OS/c1-10-9-26-19(20-10)11-3-4-14-16(6-11)22-23-17(14)18(25)21-15-7-13-5-12(15)8-24(13)2/h3-4,6,9,12-13,15H,5,7-8H2,1-2H3,(H,21,25)(H,22,23). The molecule has 5 rings (SSSR count). The Labute approximate surface area is 155 Å². The number of carbonyl (C=O) groups excluding carboxylic acids is 1. The summed E-state index contributed by atoms with van der Waals surface area (Å²) in [6, 6.07) is 6.89. The van der Waals surface area contributed by atoms with Crippen molar-refractivity contribution in [1.29, 1.82) is 0 Å². The molecule has 0 spiro atoms. The molecule has 2 aliphatic rings. The molecule has 0 radical (unpaired) electrons. The number of benzene rings is 1. The van der Waals surface area contributed by atoms with Crippen LogP contribution >= 0.6 is 11.3 Å². The van der Waals surface area contributed by atoms with Gasteiger partial charge in [0.15, 0.2) is 5.69 Å². The van der Waals surface area contributed by atoms with Gasteiger partial charge in [-0.2, -0.15) is 5.10 Å². The maximum atomic E-state index is 12.8. The van der Waals surface area contributed by atoms with Crippen molar-refractivity contribution in [3.8, 4) is 10.6 Å². The number of H-pyrrole nitrogens is 1. The third-order valence-electron chi connectivity index (χ3n) is 5.78. The van der Waals surface area contributed by atoms with Crippen LogP contribution in [0.1, 0.15) is 29.0 Å². The molecule has 3 unspecified atom stereocenters. The first-order chi connectivity index (χ1) is 12.6. The Morgan fingerprint density at radius 2 is 2.27 bits per heavy atom. The summed E-state index contributed by atoms with van der Waals surface area (Å²) in [6.07, 6.45) is 2.24. The van der Waals surface area contributed by atoms with E-state index in [9.17, 15) is 4.79 Å². The Balaban J connectivity index is 1.38. The molecule has 3 aromatic rings. The van der Waals surface area contributed by atoms with E-state index >= 15 is 0 Å². The van der Waals surface area contributed by atoms with Gasteiger partial charge in [-0.3, -0.25) is 9.89 Å². The molecule has 2 N–H and O–H groups in total. The van der Waals surface area contributed by atoms with Crippen LogP contribution in [0.3, 0.4) is 0 Å². The van der Waals surface area contributed by atoms with Crippen molar-refractivity contribution in [2.75, 3.05) is 13.6 Å². The second kappa shape index (κ2) is 5.89. The minimum absolute atomic E-state index is 0.0747. The van der Waals surface area contributed by atoms with Crippen LogP contribution in [0.15, 0.2) is 23.6 Å². The van der Waals surface area contributed by atoms with Crippen molar-refractivity contribution in [1.82, 2.24) is 25.4 Å². The summed E-state index contributed by atoms with van der Waals surface area (Å²) in [6.45, 7) is 3.07. The number of aromatic amines is 1. The molecule has 1 saturated heterocycles. The Hall–Kier alpha value is -2.25. The van der Waals surface area contributed by atoms with Crippen molar-refractivity contribution in [3.63, 3.8) is 0 Å². The number of likely N-dealkylation sites (tertiary alicyclic amines) is 1. The molecule has 6 nitrogen and oxygen atoms in total. The first kappa shape index (κ1) is 16.0. The molecule has 134 valence electrons. The summed E-state index contributed by atoms with van der Waals surface area (Å²) in [5, 5.41) is 14.4. The molecule has 2 aromatic heterocycles. The number of thiazole rings is 1. The number of hydrogen-bond donors (Lipinski definition) is 2. The minimum Gasteiger partial charge on any atom is -0.348 e. The number of rotatable bonds is 3. The molecule has 7 heteroatoms. The first-order valence-electron chi connectivity index (χ1n) is 9.00. The number of carbonyl (C=O) groups is 1. The SMILES string of the molecule is Cc1csc(-c2ccc3c(C(=O)NC4CC5CC4CN5C)n[nH]c3c2)n1. The highest BCUT2D eigenvalue weighted by atomic mass is 32.1. The van der Waals surface area contributed by atoms with Gasteiger partial charge in [0.25, 0.3) is 5.91 Å². The summed E-state index contributed by atoms with van der Waals surface area (Å²) in [7, 11) is 2.17. The molecule has 2 fully saturated rings. The van der Waals surface area contributed by atoms with E-state index in [4.69, 9.17) is 0 Å². The van der Waals surface area contributed by atoms with Crippen molar-refractivity contribution < 1.29 is 4.79 Å². The summed E-state index contributed by atoms with van der Waals surface area (Å²) >= 11 is 1.62. The lowest BCUT2D eigenvalue weighted by Crippen LogP contribution is -2.44. The molecular weight excluding hydrogens is 346 g/mol. The van der Waals surface area contributed by atoms with Crippen LogP contribution in [0.5, 0.6) is 0 Å². The average molecular weight is 367 g/mol. The molecule has 3 atom stereocenters. The molecule has 1 aromatic carbocycles. The third-order valence-corrected chi connectivity index (χ3v) is 6.79. The van der Waals surface area contributed by atoms with Gasteiger partial charge in [-0.1, -0.05) is 6.07 Å². The van der Waals surface area contributed by atoms with Gasteiger partial charge in [0.2, 0.25) is 0 Å². The maximum absolute atomic E-state index is 12.8. The second-order valence-electron chi connectivity index (χ2n) is 7.53. The Morgan fingerprint density at radius 3 is 2.96 bits per heavy atom. The summed E-state index contributed by atoms with van der Waals surface area (Å²) in [4.78, 5) is 19.7. The molecule has 2 bridgehead atoms. The fourth-order valence-electron chi connectivity index (χ4n) is 4.40. The molecular formula is C19H21N5OS. The van der Waals surface area contributed by atoms with E-state index in [1.54, 1.807) is 11.3 Å². The van der Waals surface area contributed by atoms with Crippen LogP contribution in [0, 0.1) is 12.8 Å².